The molecular formula is C47H32N4O. The minimum absolute atomic E-state index is 0.516. The van der Waals surface area contributed by atoms with Crippen molar-refractivity contribution < 1.29 is 4.42 Å². The number of nitrogens with zero attached hydrogens (tertiary/aromatic N) is 2. The second-order valence-corrected chi connectivity index (χ2v) is 12.9. The summed E-state index contributed by atoms with van der Waals surface area (Å²) in [5.74, 6) is 0.726. The number of rotatable bonds is 7. The Morgan fingerprint density at radius 1 is 0.519 bits per heavy atom. The van der Waals surface area contributed by atoms with E-state index in [1.165, 1.54) is 0 Å². The number of pyridine rings is 1. The van der Waals surface area contributed by atoms with Gasteiger partial charge in [0, 0.05) is 28.1 Å². The maximum atomic E-state index is 9.24. The van der Waals surface area contributed by atoms with E-state index in [1.807, 2.05) is 72.9 Å². The van der Waals surface area contributed by atoms with Crippen LogP contribution in [0.4, 0.5) is 5.82 Å². The second kappa shape index (κ2) is 13.0. The van der Waals surface area contributed by atoms with Gasteiger partial charge in [-0.25, -0.2) is 4.98 Å². The van der Waals surface area contributed by atoms with Crippen molar-refractivity contribution in [3.8, 4) is 50.6 Å². The Balaban J connectivity index is 1.09. The van der Waals surface area contributed by atoms with Crippen molar-refractivity contribution in [2.45, 2.75) is 6.17 Å². The maximum Gasteiger partial charge on any atom is 0.135 e. The third-order valence-electron chi connectivity index (χ3n) is 9.79. The van der Waals surface area contributed by atoms with E-state index in [9.17, 15) is 5.26 Å². The minimum Gasteiger partial charge on any atom is -0.456 e. The lowest BCUT2D eigenvalue weighted by atomic mass is 9.93. The molecule has 0 aliphatic heterocycles. The third kappa shape index (κ3) is 5.64. The molecule has 5 heteroatoms. The molecule has 0 aliphatic carbocycles. The fourth-order valence-corrected chi connectivity index (χ4v) is 7.14. The summed E-state index contributed by atoms with van der Waals surface area (Å²) in [7, 11) is 0. The Bertz CT molecular complexity index is 2780. The summed E-state index contributed by atoms with van der Waals surface area (Å²) in [5, 5.41) is 17.1. The molecule has 246 valence electrons. The van der Waals surface area contributed by atoms with Gasteiger partial charge >= 0.3 is 0 Å². The minimum atomic E-state index is -0.516. The number of nitrogens with one attached hydrogen (secondary N) is 1. The van der Waals surface area contributed by atoms with Crippen LogP contribution in [0.3, 0.4) is 0 Å². The molecule has 7 aromatic carbocycles. The smallest absolute Gasteiger partial charge is 0.135 e. The molecule has 0 saturated heterocycles. The van der Waals surface area contributed by atoms with E-state index in [-0.39, 0.29) is 0 Å². The van der Waals surface area contributed by atoms with Crippen LogP contribution in [-0.4, -0.2) is 4.98 Å². The monoisotopic (exact) mass is 668 g/mol. The van der Waals surface area contributed by atoms with Crippen molar-refractivity contribution in [1.29, 1.82) is 5.26 Å². The number of anilines is 1. The molecule has 0 aliphatic rings. The van der Waals surface area contributed by atoms with Crippen LogP contribution in [0.15, 0.2) is 174 Å². The van der Waals surface area contributed by atoms with Crippen molar-refractivity contribution in [3.63, 3.8) is 0 Å². The number of furan rings is 1. The van der Waals surface area contributed by atoms with E-state index in [0.29, 0.717) is 5.56 Å². The number of fused-ring (bicyclic) bond motifs is 4. The van der Waals surface area contributed by atoms with Crippen molar-refractivity contribution in [2.75, 3.05) is 5.32 Å². The van der Waals surface area contributed by atoms with Gasteiger partial charge in [0.1, 0.15) is 23.1 Å². The van der Waals surface area contributed by atoms with Crippen molar-refractivity contribution in [1.82, 2.24) is 4.98 Å². The Morgan fingerprint density at radius 3 is 1.83 bits per heavy atom. The normalized spacial score (nSPS) is 11.8. The fraction of sp³-hybridized carbons (Fsp3) is 0.0213. The molecule has 5 nitrogen and oxygen atoms in total. The second-order valence-electron chi connectivity index (χ2n) is 12.9. The summed E-state index contributed by atoms with van der Waals surface area (Å²) in [6.07, 6.45) is 1.39. The predicted octanol–water partition coefficient (Wildman–Crippen LogP) is 11.7. The first-order valence-corrected chi connectivity index (χ1v) is 17.2. The van der Waals surface area contributed by atoms with Crippen LogP contribution >= 0.6 is 0 Å². The number of hydrogen-bond acceptors (Lipinski definition) is 5. The van der Waals surface area contributed by atoms with E-state index in [4.69, 9.17) is 15.1 Å². The lowest BCUT2D eigenvalue weighted by molar-refractivity contribution is 0.669. The SMILES string of the molecule is N#Cc1ccc(-c2ccc3oc4ccc(-c5ccc(C(N)Nc6ncc(-c7ccccc7)cc6-c6ccccc6)c6ccccc56)cc4c3c2)cc1. The molecule has 3 N–H and O–H groups in total. The average Bonchev–Trinajstić information content (AvgIpc) is 3.58. The van der Waals surface area contributed by atoms with Gasteiger partial charge in [-0.3, -0.25) is 0 Å². The lowest BCUT2D eigenvalue weighted by Crippen LogP contribution is -2.21. The summed E-state index contributed by atoms with van der Waals surface area (Å²) in [6, 6.07) is 58.0. The van der Waals surface area contributed by atoms with Crippen LogP contribution in [0.5, 0.6) is 0 Å². The zero-order valence-corrected chi connectivity index (χ0v) is 28.1. The van der Waals surface area contributed by atoms with Gasteiger partial charge in [-0.15, -0.1) is 0 Å². The van der Waals surface area contributed by atoms with Gasteiger partial charge in [0.2, 0.25) is 0 Å². The molecule has 52 heavy (non-hydrogen) atoms. The first-order valence-electron chi connectivity index (χ1n) is 17.2. The van der Waals surface area contributed by atoms with Gasteiger partial charge in [-0.05, 0) is 92.2 Å². The topological polar surface area (TPSA) is 87.9 Å². The van der Waals surface area contributed by atoms with Crippen LogP contribution in [0, 0.1) is 11.3 Å². The molecule has 0 saturated carbocycles. The highest BCUT2D eigenvalue weighted by Crippen LogP contribution is 2.39. The van der Waals surface area contributed by atoms with E-state index in [0.717, 1.165) is 88.6 Å². The molecule has 0 radical (unpaired) electrons. The Morgan fingerprint density at radius 2 is 1.12 bits per heavy atom. The number of benzene rings is 7. The first-order chi connectivity index (χ1) is 25.6. The Labute approximate surface area is 301 Å². The molecule has 2 aromatic heterocycles. The molecule has 9 rings (SSSR count). The highest BCUT2D eigenvalue weighted by Gasteiger charge is 2.18. The van der Waals surface area contributed by atoms with Crippen molar-refractivity contribution >= 4 is 38.5 Å². The van der Waals surface area contributed by atoms with Crippen molar-refractivity contribution in [3.05, 3.63) is 181 Å². The van der Waals surface area contributed by atoms with E-state index >= 15 is 0 Å². The van der Waals surface area contributed by atoms with Crippen LogP contribution < -0.4 is 11.1 Å². The summed E-state index contributed by atoms with van der Waals surface area (Å²) in [4.78, 5) is 4.91. The van der Waals surface area contributed by atoms with Gasteiger partial charge < -0.3 is 15.5 Å². The predicted molar refractivity (Wildman–Crippen MR) is 212 cm³/mol. The van der Waals surface area contributed by atoms with E-state index in [2.05, 4.69) is 108 Å². The van der Waals surface area contributed by atoms with Crippen LogP contribution in [0.1, 0.15) is 17.3 Å². The molecule has 1 atom stereocenters. The molecule has 9 aromatic rings. The van der Waals surface area contributed by atoms with E-state index < -0.39 is 6.17 Å². The number of nitriles is 1. The zero-order valence-electron chi connectivity index (χ0n) is 28.1. The molecule has 1 unspecified atom stereocenters. The lowest BCUT2D eigenvalue weighted by Gasteiger charge is -2.21. The van der Waals surface area contributed by atoms with Gasteiger partial charge in [0.25, 0.3) is 0 Å². The summed E-state index contributed by atoms with van der Waals surface area (Å²) in [6.45, 7) is 0. The Kier molecular flexibility index (Phi) is 7.77. The third-order valence-corrected chi connectivity index (χ3v) is 9.79. The molecule has 0 spiro atoms. The van der Waals surface area contributed by atoms with Crippen LogP contribution in [0.2, 0.25) is 0 Å². The number of hydrogen-bond donors (Lipinski definition) is 2. The summed E-state index contributed by atoms with van der Waals surface area (Å²) in [5.41, 5.74) is 18.8. The summed E-state index contributed by atoms with van der Waals surface area (Å²) < 4.78 is 6.27. The van der Waals surface area contributed by atoms with Gasteiger partial charge in [0.15, 0.2) is 0 Å². The summed E-state index contributed by atoms with van der Waals surface area (Å²) >= 11 is 0. The standard InChI is InChI=1S/C47H32N4O/c48-28-30-15-17-32(18-16-30)34-19-23-44-42(25-34)43-26-35(20-24-45(43)52-44)37-21-22-40(39-14-8-7-13-38(37)39)46(49)51-47-41(33-11-5-2-6-12-33)27-36(29-50-47)31-9-3-1-4-10-31/h1-27,29,46H,49H2,(H,50,51). The fourth-order valence-electron chi connectivity index (χ4n) is 7.14. The number of nitrogens with two attached hydrogens (primary N) is 1. The molecule has 0 amide bonds. The van der Waals surface area contributed by atoms with Gasteiger partial charge in [0.05, 0.1) is 11.6 Å². The highest BCUT2D eigenvalue weighted by atomic mass is 16.3. The molecule has 2 heterocycles. The Hall–Kier alpha value is -7.00. The van der Waals surface area contributed by atoms with Crippen LogP contribution in [0.25, 0.3) is 77.2 Å². The van der Waals surface area contributed by atoms with Gasteiger partial charge in [-0.2, -0.15) is 5.26 Å². The maximum absolute atomic E-state index is 9.24. The quantitative estimate of drug-likeness (QED) is 0.165. The largest absolute Gasteiger partial charge is 0.456 e. The molecule has 0 fully saturated rings. The van der Waals surface area contributed by atoms with Gasteiger partial charge in [-0.1, -0.05) is 121 Å². The first kappa shape index (κ1) is 31.0. The van der Waals surface area contributed by atoms with Crippen molar-refractivity contribution in [2.24, 2.45) is 5.73 Å². The molecular weight excluding hydrogens is 637 g/mol. The average molecular weight is 669 g/mol. The van der Waals surface area contributed by atoms with E-state index in [1.54, 1.807) is 0 Å². The van der Waals surface area contributed by atoms with Crippen LogP contribution in [-0.2, 0) is 0 Å². The molecule has 0 bridgehead atoms. The zero-order chi connectivity index (χ0) is 35.0. The highest BCUT2D eigenvalue weighted by molar-refractivity contribution is 6.09. The number of aromatic nitrogens is 1.